The number of rotatable bonds is 3. The van der Waals surface area contributed by atoms with E-state index < -0.39 is 0 Å². The lowest BCUT2D eigenvalue weighted by Crippen LogP contribution is -2.09. The molecule has 0 saturated heterocycles. The van der Waals surface area contributed by atoms with E-state index in [2.05, 4.69) is 42.8 Å². The van der Waals surface area contributed by atoms with Gasteiger partial charge in [0.15, 0.2) is 0 Å². The van der Waals surface area contributed by atoms with Gasteiger partial charge in [-0.3, -0.25) is 4.99 Å². The zero-order chi connectivity index (χ0) is 12.1. The van der Waals surface area contributed by atoms with Crippen LogP contribution in [0.3, 0.4) is 0 Å². The predicted octanol–water partition coefficient (Wildman–Crippen LogP) is 4.25. The number of allylic oxidation sites excluding steroid dienone is 4. The summed E-state index contributed by atoms with van der Waals surface area (Å²) < 4.78 is 0. The van der Waals surface area contributed by atoms with E-state index in [1.165, 1.54) is 0 Å². The highest BCUT2D eigenvalue weighted by molar-refractivity contribution is 5.91. The van der Waals surface area contributed by atoms with E-state index in [9.17, 15) is 0 Å². The monoisotopic (exact) mass is 223 g/mol. The Morgan fingerprint density at radius 2 is 2.00 bits per heavy atom. The van der Waals surface area contributed by atoms with Crippen molar-refractivity contribution in [3.05, 3.63) is 66.8 Å². The molecule has 1 aromatic rings. The van der Waals surface area contributed by atoms with E-state index in [0.717, 1.165) is 23.4 Å². The molecule has 86 valence electrons. The zero-order valence-electron chi connectivity index (χ0n) is 10.1. The number of benzene rings is 1. The van der Waals surface area contributed by atoms with Crippen molar-refractivity contribution in [1.82, 2.24) is 0 Å². The van der Waals surface area contributed by atoms with Crippen molar-refractivity contribution in [3.8, 4) is 0 Å². The fourth-order valence-corrected chi connectivity index (χ4v) is 1.88. The molecule has 0 bridgehead atoms. The first-order valence-corrected chi connectivity index (χ1v) is 5.90. The zero-order valence-corrected chi connectivity index (χ0v) is 10.1. The highest BCUT2D eigenvalue weighted by Crippen LogP contribution is 2.18. The van der Waals surface area contributed by atoms with Gasteiger partial charge in [-0.25, -0.2) is 0 Å². The molecule has 0 radical (unpaired) electrons. The molecule has 1 atom stereocenters. The number of hydrogen-bond donors (Lipinski definition) is 0. The Morgan fingerprint density at radius 3 is 2.65 bits per heavy atom. The maximum Gasteiger partial charge on any atom is 0.0629 e. The molecular formula is C16H17N. The minimum atomic E-state index is 0.417. The molecule has 1 aliphatic rings. The molecule has 0 N–H and O–H groups in total. The summed E-state index contributed by atoms with van der Waals surface area (Å²) in [5.74, 6) is 0.417. The molecule has 0 fully saturated rings. The van der Waals surface area contributed by atoms with Crippen molar-refractivity contribution in [1.29, 1.82) is 0 Å². The third-order valence-electron chi connectivity index (χ3n) is 2.94. The van der Waals surface area contributed by atoms with Gasteiger partial charge >= 0.3 is 0 Å². The largest absolute Gasteiger partial charge is 0.258 e. The van der Waals surface area contributed by atoms with Crippen LogP contribution in [0.2, 0.25) is 0 Å². The van der Waals surface area contributed by atoms with Gasteiger partial charge in [0.1, 0.15) is 0 Å². The fraction of sp³-hybridized carbons (Fsp3) is 0.188. The Labute approximate surface area is 103 Å². The second-order valence-corrected chi connectivity index (χ2v) is 4.22. The summed E-state index contributed by atoms with van der Waals surface area (Å²) in [7, 11) is 0. The second-order valence-electron chi connectivity index (χ2n) is 4.22. The quantitative estimate of drug-likeness (QED) is 0.679. The average molecular weight is 223 g/mol. The standard InChI is InChI=1S/C16H17N/c1-13(15-9-5-3-6-10-15)17-14(2)16-11-7-4-8-12-16/h3-11,16H,1,12H2,2H3. The van der Waals surface area contributed by atoms with Crippen LogP contribution < -0.4 is 0 Å². The van der Waals surface area contributed by atoms with Crippen molar-refractivity contribution < 1.29 is 0 Å². The maximum atomic E-state index is 4.61. The Kier molecular flexibility index (Phi) is 3.71. The van der Waals surface area contributed by atoms with Gasteiger partial charge in [-0.1, -0.05) is 61.2 Å². The van der Waals surface area contributed by atoms with Gasteiger partial charge < -0.3 is 0 Å². The van der Waals surface area contributed by atoms with Crippen LogP contribution in [0.15, 0.2) is 66.2 Å². The summed E-state index contributed by atoms with van der Waals surface area (Å²) in [4.78, 5) is 4.61. The molecule has 0 aliphatic heterocycles. The van der Waals surface area contributed by atoms with Crippen LogP contribution in [0.4, 0.5) is 0 Å². The van der Waals surface area contributed by atoms with Crippen molar-refractivity contribution in [2.75, 3.05) is 0 Å². The minimum absolute atomic E-state index is 0.417. The van der Waals surface area contributed by atoms with Crippen LogP contribution in [0, 0.1) is 5.92 Å². The highest BCUT2D eigenvalue weighted by Gasteiger charge is 2.09. The average Bonchev–Trinajstić information content (AvgIpc) is 2.40. The number of nitrogens with zero attached hydrogens (tertiary/aromatic N) is 1. The predicted molar refractivity (Wildman–Crippen MR) is 75.0 cm³/mol. The fourth-order valence-electron chi connectivity index (χ4n) is 1.88. The number of aliphatic imine (C=N–C) groups is 1. The molecule has 0 amide bonds. The van der Waals surface area contributed by atoms with Crippen LogP contribution in [-0.2, 0) is 0 Å². The first-order valence-electron chi connectivity index (χ1n) is 5.90. The summed E-state index contributed by atoms with van der Waals surface area (Å²) in [5.41, 5.74) is 3.05. The SMILES string of the molecule is C=C(N=C(C)C1C=CC=CC1)c1ccccc1. The van der Waals surface area contributed by atoms with Crippen LogP contribution in [0.25, 0.3) is 5.70 Å². The lowest BCUT2D eigenvalue weighted by Gasteiger charge is -2.13. The Bertz CT molecular complexity index is 478. The minimum Gasteiger partial charge on any atom is -0.258 e. The third kappa shape index (κ3) is 3.04. The molecule has 1 nitrogen and oxygen atoms in total. The van der Waals surface area contributed by atoms with E-state index in [-0.39, 0.29) is 0 Å². The van der Waals surface area contributed by atoms with Crippen LogP contribution in [0.5, 0.6) is 0 Å². The molecule has 1 heteroatoms. The number of hydrogen-bond acceptors (Lipinski definition) is 1. The van der Waals surface area contributed by atoms with Crippen molar-refractivity contribution in [3.63, 3.8) is 0 Å². The van der Waals surface area contributed by atoms with E-state index >= 15 is 0 Å². The normalized spacial score (nSPS) is 19.4. The first-order chi connectivity index (χ1) is 8.27. The van der Waals surface area contributed by atoms with Gasteiger partial charge in [-0.15, -0.1) is 0 Å². The van der Waals surface area contributed by atoms with Crippen molar-refractivity contribution in [2.24, 2.45) is 10.9 Å². The van der Waals surface area contributed by atoms with E-state index in [1.807, 2.05) is 30.3 Å². The summed E-state index contributed by atoms with van der Waals surface area (Å²) in [6.07, 6.45) is 9.56. The molecule has 0 saturated carbocycles. The Hall–Kier alpha value is -1.89. The lowest BCUT2D eigenvalue weighted by atomic mass is 9.96. The molecule has 0 heterocycles. The molecule has 1 unspecified atom stereocenters. The molecule has 1 aromatic carbocycles. The van der Waals surface area contributed by atoms with E-state index in [0.29, 0.717) is 5.92 Å². The molecule has 0 spiro atoms. The highest BCUT2D eigenvalue weighted by atomic mass is 14.8. The van der Waals surface area contributed by atoms with Gasteiger partial charge in [0, 0.05) is 11.6 Å². The molecular weight excluding hydrogens is 206 g/mol. The van der Waals surface area contributed by atoms with Gasteiger partial charge in [-0.05, 0) is 18.9 Å². The van der Waals surface area contributed by atoms with Crippen molar-refractivity contribution >= 4 is 11.4 Å². The lowest BCUT2D eigenvalue weighted by molar-refractivity contribution is 0.864. The second kappa shape index (κ2) is 5.44. The van der Waals surface area contributed by atoms with Gasteiger partial charge in [-0.2, -0.15) is 0 Å². The smallest absolute Gasteiger partial charge is 0.0629 e. The van der Waals surface area contributed by atoms with Gasteiger partial charge in [0.2, 0.25) is 0 Å². The summed E-state index contributed by atoms with van der Waals surface area (Å²) in [6, 6.07) is 10.1. The third-order valence-corrected chi connectivity index (χ3v) is 2.94. The molecule has 0 aromatic heterocycles. The van der Waals surface area contributed by atoms with Crippen LogP contribution >= 0.6 is 0 Å². The van der Waals surface area contributed by atoms with Gasteiger partial charge in [0.25, 0.3) is 0 Å². The molecule has 2 rings (SSSR count). The van der Waals surface area contributed by atoms with E-state index in [4.69, 9.17) is 0 Å². The Balaban J connectivity index is 2.11. The molecule has 17 heavy (non-hydrogen) atoms. The summed E-state index contributed by atoms with van der Waals surface area (Å²) in [5, 5.41) is 0. The molecule has 1 aliphatic carbocycles. The van der Waals surface area contributed by atoms with Crippen LogP contribution in [-0.4, -0.2) is 5.71 Å². The topological polar surface area (TPSA) is 12.4 Å². The summed E-state index contributed by atoms with van der Waals surface area (Å²) in [6.45, 7) is 6.10. The summed E-state index contributed by atoms with van der Waals surface area (Å²) >= 11 is 0. The first kappa shape index (κ1) is 11.6. The Morgan fingerprint density at radius 1 is 1.24 bits per heavy atom. The van der Waals surface area contributed by atoms with E-state index in [1.54, 1.807) is 0 Å². The maximum absolute atomic E-state index is 4.61. The van der Waals surface area contributed by atoms with Crippen molar-refractivity contribution in [2.45, 2.75) is 13.3 Å². The van der Waals surface area contributed by atoms with Crippen LogP contribution in [0.1, 0.15) is 18.9 Å². The van der Waals surface area contributed by atoms with Gasteiger partial charge in [0.05, 0.1) is 5.70 Å².